The van der Waals surface area contributed by atoms with Gasteiger partial charge in [-0.3, -0.25) is 10.3 Å². The van der Waals surface area contributed by atoms with Crippen LogP contribution in [-0.4, -0.2) is 45.1 Å². The van der Waals surface area contributed by atoms with E-state index in [2.05, 4.69) is 41.0 Å². The molecule has 2 heterocycles. The number of aryl methyl sites for hydroxylation is 1. The van der Waals surface area contributed by atoms with Gasteiger partial charge in [-0.1, -0.05) is 32.0 Å². The Labute approximate surface area is 220 Å². The van der Waals surface area contributed by atoms with Crippen LogP contribution in [-0.2, 0) is 12.8 Å². The first-order valence-corrected chi connectivity index (χ1v) is 14.6. The highest BCUT2D eigenvalue weighted by Crippen LogP contribution is 2.30. The Morgan fingerprint density at radius 1 is 1.14 bits per heavy atom. The lowest BCUT2D eigenvalue weighted by Crippen LogP contribution is -2.39. The summed E-state index contributed by atoms with van der Waals surface area (Å²) >= 11 is 1.66. The van der Waals surface area contributed by atoms with Crippen molar-refractivity contribution < 1.29 is 5.11 Å². The van der Waals surface area contributed by atoms with Crippen LogP contribution in [0.15, 0.2) is 36.5 Å². The fourth-order valence-corrected chi connectivity index (χ4v) is 6.76. The zero-order chi connectivity index (χ0) is 25.5. The Kier molecular flexibility index (Phi) is 9.71. The minimum atomic E-state index is -0.658. The molecule has 0 aliphatic heterocycles. The van der Waals surface area contributed by atoms with Crippen LogP contribution >= 0.6 is 11.3 Å². The second-order valence-electron chi connectivity index (χ2n) is 10.4. The highest BCUT2D eigenvalue weighted by atomic mass is 32.1. The van der Waals surface area contributed by atoms with Crippen molar-refractivity contribution in [1.29, 1.82) is 0 Å². The van der Waals surface area contributed by atoms with Crippen molar-refractivity contribution in [2.24, 2.45) is 5.92 Å². The summed E-state index contributed by atoms with van der Waals surface area (Å²) < 4.78 is 0. The maximum Gasteiger partial charge on any atom is 0.180 e. The van der Waals surface area contributed by atoms with Crippen LogP contribution in [0.3, 0.4) is 0 Å². The first-order chi connectivity index (χ1) is 17.5. The molecule has 1 aliphatic rings. The Bertz CT molecular complexity index is 1090. The number of pyridine rings is 1. The number of anilines is 1. The van der Waals surface area contributed by atoms with Gasteiger partial charge >= 0.3 is 0 Å². The maximum atomic E-state index is 10.9. The smallest absolute Gasteiger partial charge is 0.180 e. The molecule has 0 saturated heterocycles. The molecular formula is C29H43N5OS. The van der Waals surface area contributed by atoms with Crippen molar-refractivity contribution in [3.05, 3.63) is 52.7 Å². The van der Waals surface area contributed by atoms with Crippen LogP contribution in [0, 0.1) is 5.92 Å². The fraction of sp³-hybridized carbons (Fsp3) is 0.586. The molecule has 6 nitrogen and oxygen atoms in total. The van der Waals surface area contributed by atoms with Crippen LogP contribution in [0.1, 0.15) is 81.7 Å². The van der Waals surface area contributed by atoms with E-state index in [0.29, 0.717) is 17.2 Å². The maximum absolute atomic E-state index is 10.9. The minimum Gasteiger partial charge on any atom is -0.375 e. The van der Waals surface area contributed by atoms with Gasteiger partial charge in [-0.25, -0.2) is 4.98 Å². The summed E-state index contributed by atoms with van der Waals surface area (Å²) in [7, 11) is 0. The molecular weight excluding hydrogens is 466 g/mol. The topological polar surface area (TPSA) is 87.3 Å². The number of rotatable bonds is 12. The number of aliphatic hydroxyl groups excluding tert-OH is 1. The lowest BCUT2D eigenvalue weighted by Gasteiger charge is -2.34. The molecule has 2 unspecified atom stereocenters. The number of nitrogens with zero attached hydrogens (tertiary/aromatic N) is 3. The fourth-order valence-electron chi connectivity index (χ4n) is 5.72. The summed E-state index contributed by atoms with van der Waals surface area (Å²) in [6.07, 6.45) is 10.2. The third kappa shape index (κ3) is 6.82. The van der Waals surface area contributed by atoms with Gasteiger partial charge in [0.05, 0.1) is 11.2 Å². The van der Waals surface area contributed by atoms with E-state index < -0.39 is 6.23 Å². The number of hydrogen-bond donors (Lipinski definition) is 3. The van der Waals surface area contributed by atoms with E-state index >= 15 is 0 Å². The summed E-state index contributed by atoms with van der Waals surface area (Å²) in [5.41, 5.74) is 9.01. The normalized spacial score (nSPS) is 20.1. The molecule has 0 radical (unpaired) electrons. The number of aromatic nitrogens is 2. The zero-order valence-electron chi connectivity index (χ0n) is 22.1. The molecule has 3 aromatic rings. The Balaban J connectivity index is 1.25. The lowest BCUT2D eigenvalue weighted by molar-refractivity contribution is 0.106. The molecule has 1 saturated carbocycles. The van der Waals surface area contributed by atoms with Gasteiger partial charge < -0.3 is 15.7 Å². The Morgan fingerprint density at radius 3 is 2.69 bits per heavy atom. The molecule has 1 fully saturated rings. The van der Waals surface area contributed by atoms with E-state index in [9.17, 15) is 5.11 Å². The van der Waals surface area contributed by atoms with Gasteiger partial charge in [-0.2, -0.15) is 0 Å². The highest BCUT2D eigenvalue weighted by molar-refractivity contribution is 7.15. The van der Waals surface area contributed by atoms with E-state index in [0.717, 1.165) is 61.2 Å². The van der Waals surface area contributed by atoms with E-state index in [1.165, 1.54) is 36.3 Å². The third-order valence-corrected chi connectivity index (χ3v) is 8.73. The predicted molar refractivity (Wildman–Crippen MR) is 151 cm³/mol. The second-order valence-corrected chi connectivity index (χ2v) is 11.5. The molecule has 2 aromatic heterocycles. The van der Waals surface area contributed by atoms with Gasteiger partial charge in [0.25, 0.3) is 0 Å². The summed E-state index contributed by atoms with van der Waals surface area (Å²) in [6, 6.07) is 10.8. The average molecular weight is 510 g/mol. The van der Waals surface area contributed by atoms with Gasteiger partial charge in [0, 0.05) is 34.1 Å². The van der Waals surface area contributed by atoms with Crippen molar-refractivity contribution in [2.75, 3.05) is 18.8 Å². The van der Waals surface area contributed by atoms with Gasteiger partial charge in [-0.05, 0) is 89.4 Å². The molecule has 36 heavy (non-hydrogen) atoms. The van der Waals surface area contributed by atoms with Crippen molar-refractivity contribution in [3.8, 4) is 0 Å². The van der Waals surface area contributed by atoms with Crippen LogP contribution in [0.25, 0.3) is 10.9 Å². The minimum absolute atomic E-state index is 0.359. The first kappa shape index (κ1) is 27.0. The molecule has 7 heteroatoms. The van der Waals surface area contributed by atoms with Crippen molar-refractivity contribution in [3.63, 3.8) is 0 Å². The lowest BCUT2D eigenvalue weighted by atomic mass is 9.83. The molecule has 1 aromatic carbocycles. The zero-order valence-corrected chi connectivity index (χ0v) is 22.9. The molecule has 4 rings (SSSR count). The number of nitrogen functional groups attached to an aromatic ring is 1. The van der Waals surface area contributed by atoms with Crippen molar-refractivity contribution in [2.45, 2.75) is 90.4 Å². The van der Waals surface area contributed by atoms with Crippen LogP contribution in [0.2, 0.25) is 0 Å². The monoisotopic (exact) mass is 509 g/mol. The molecule has 2 atom stereocenters. The van der Waals surface area contributed by atoms with Gasteiger partial charge in [0.2, 0.25) is 0 Å². The largest absolute Gasteiger partial charge is 0.375 e. The van der Waals surface area contributed by atoms with E-state index in [1.807, 2.05) is 30.3 Å². The SMILES string of the molecule is CCCN(CCC1CCC(NC(O)c2cccc3ncccc23)CC1)C(C)Cc1sc(N)nc1CC. The third-order valence-electron chi connectivity index (χ3n) is 7.78. The Hall–Kier alpha value is -2.06. The van der Waals surface area contributed by atoms with Crippen molar-refractivity contribution in [1.82, 2.24) is 20.2 Å². The van der Waals surface area contributed by atoms with E-state index in [4.69, 9.17) is 5.73 Å². The number of fused-ring (bicyclic) bond motifs is 1. The molecule has 0 bridgehead atoms. The predicted octanol–water partition coefficient (Wildman–Crippen LogP) is 5.71. The molecule has 1 aliphatic carbocycles. The Morgan fingerprint density at radius 2 is 1.94 bits per heavy atom. The quantitative estimate of drug-likeness (QED) is 0.271. The molecule has 0 amide bonds. The van der Waals surface area contributed by atoms with Gasteiger partial charge in [0.15, 0.2) is 5.13 Å². The number of thiazole rings is 1. The summed E-state index contributed by atoms with van der Waals surface area (Å²) in [4.78, 5) is 13.0. The average Bonchev–Trinajstić information content (AvgIpc) is 3.25. The number of aliphatic hydroxyl groups is 1. The van der Waals surface area contributed by atoms with E-state index in [1.54, 1.807) is 17.5 Å². The number of hydrogen-bond acceptors (Lipinski definition) is 7. The van der Waals surface area contributed by atoms with Gasteiger partial charge in [0.1, 0.15) is 6.23 Å². The van der Waals surface area contributed by atoms with E-state index in [-0.39, 0.29) is 0 Å². The van der Waals surface area contributed by atoms with Gasteiger partial charge in [-0.15, -0.1) is 11.3 Å². The van der Waals surface area contributed by atoms with Crippen LogP contribution in [0.5, 0.6) is 0 Å². The number of nitrogens with two attached hydrogens (primary N) is 1. The van der Waals surface area contributed by atoms with Crippen molar-refractivity contribution >= 4 is 27.4 Å². The first-order valence-electron chi connectivity index (χ1n) is 13.7. The molecule has 196 valence electrons. The summed E-state index contributed by atoms with van der Waals surface area (Å²) in [6.45, 7) is 9.08. The molecule has 0 spiro atoms. The molecule has 4 N–H and O–H groups in total. The van der Waals surface area contributed by atoms with Crippen LogP contribution < -0.4 is 11.1 Å². The second kappa shape index (κ2) is 13.0. The summed E-state index contributed by atoms with van der Waals surface area (Å²) in [5.74, 6) is 0.763. The van der Waals surface area contributed by atoms with Crippen LogP contribution in [0.4, 0.5) is 5.13 Å². The number of nitrogens with one attached hydrogen (secondary N) is 1. The highest BCUT2D eigenvalue weighted by Gasteiger charge is 2.25. The standard InChI is InChI=1S/C29H43N5OS/c1-4-17-34(20(3)19-27-25(5-2)33-29(30)36-27)18-15-21-11-13-22(14-12-21)32-28(35)24-8-6-10-26-23(24)9-7-16-31-26/h6-10,16,20-22,28,32,35H,4-5,11-15,17-19H2,1-3H3,(H2,30,33). The summed E-state index contributed by atoms with van der Waals surface area (Å²) in [5, 5.41) is 16.1. The number of benzene rings is 1.